The van der Waals surface area contributed by atoms with E-state index in [4.69, 9.17) is 9.97 Å². The van der Waals surface area contributed by atoms with Gasteiger partial charge in [-0.05, 0) is 54.6 Å². The summed E-state index contributed by atoms with van der Waals surface area (Å²) in [5.74, 6) is 0. The second-order valence-corrected chi connectivity index (χ2v) is 7.46. The predicted octanol–water partition coefficient (Wildman–Crippen LogP) is 6.37. The maximum atomic E-state index is 4.84. The van der Waals surface area contributed by atoms with Crippen LogP contribution in [0.5, 0.6) is 0 Å². The minimum Gasteiger partial charge on any atom is -0.355 e. The Morgan fingerprint density at radius 2 is 1.37 bits per heavy atom. The van der Waals surface area contributed by atoms with Crippen molar-refractivity contribution >= 4 is 56.6 Å². The quantitative estimate of drug-likeness (QED) is 0.352. The first kappa shape index (κ1) is 16.7. The summed E-state index contributed by atoms with van der Waals surface area (Å²) in [4.78, 5) is 16.6. The fourth-order valence-electron chi connectivity index (χ4n) is 4.04. The van der Waals surface area contributed by atoms with Crippen LogP contribution in [-0.2, 0) is 0 Å². The molecule has 2 aliphatic rings. The third-order valence-electron chi connectivity index (χ3n) is 5.44. The molecule has 4 aromatic rings. The van der Waals surface area contributed by atoms with E-state index in [1.807, 2.05) is 30.4 Å². The fraction of sp³-hybridized carbons (Fsp3) is 0. The predicted molar refractivity (Wildman–Crippen MR) is 126 cm³/mol. The third-order valence-corrected chi connectivity index (χ3v) is 5.44. The van der Waals surface area contributed by atoms with Crippen molar-refractivity contribution in [1.82, 2.24) is 19.9 Å². The monoisotopic (exact) mass is 386 g/mol. The summed E-state index contributed by atoms with van der Waals surface area (Å²) < 4.78 is 0. The molecule has 1 aromatic carbocycles. The van der Waals surface area contributed by atoms with Gasteiger partial charge in [0, 0.05) is 38.4 Å². The van der Waals surface area contributed by atoms with Crippen LogP contribution < -0.4 is 0 Å². The molecule has 142 valence electrons. The van der Waals surface area contributed by atoms with Crippen molar-refractivity contribution in [3.8, 4) is 0 Å². The lowest BCUT2D eigenvalue weighted by atomic mass is 10.1. The number of benzene rings is 1. The van der Waals surface area contributed by atoms with Crippen LogP contribution in [-0.4, -0.2) is 19.9 Å². The van der Waals surface area contributed by atoms with E-state index < -0.39 is 0 Å². The van der Waals surface area contributed by atoms with Crippen LogP contribution in [0.2, 0.25) is 0 Å². The van der Waals surface area contributed by atoms with Crippen LogP contribution >= 0.6 is 0 Å². The molecule has 0 fully saturated rings. The first-order chi connectivity index (χ1) is 14.7. The van der Waals surface area contributed by atoms with E-state index in [1.54, 1.807) is 0 Å². The minimum absolute atomic E-state index is 0.896. The molecule has 0 aliphatic carbocycles. The van der Waals surface area contributed by atoms with Gasteiger partial charge in [0.05, 0.1) is 22.8 Å². The molecule has 6 rings (SSSR count). The molecule has 5 heterocycles. The van der Waals surface area contributed by atoms with Crippen LogP contribution in [0.1, 0.15) is 22.8 Å². The van der Waals surface area contributed by atoms with Gasteiger partial charge < -0.3 is 9.97 Å². The molecule has 0 saturated carbocycles. The summed E-state index contributed by atoms with van der Waals surface area (Å²) in [6.07, 6.45) is 7.99. The molecule has 0 atom stereocenters. The van der Waals surface area contributed by atoms with E-state index in [9.17, 15) is 0 Å². The first-order valence-corrected chi connectivity index (χ1v) is 9.88. The van der Waals surface area contributed by atoms with Crippen molar-refractivity contribution in [2.75, 3.05) is 0 Å². The topological polar surface area (TPSA) is 57.4 Å². The number of aromatic nitrogens is 4. The van der Waals surface area contributed by atoms with Crippen LogP contribution in [0.15, 0.2) is 73.3 Å². The Kier molecular flexibility index (Phi) is 3.59. The minimum atomic E-state index is 0.896. The Hall–Kier alpha value is -4.18. The third kappa shape index (κ3) is 2.78. The summed E-state index contributed by atoms with van der Waals surface area (Å²) in [5, 5.41) is 2.32. The summed E-state index contributed by atoms with van der Waals surface area (Å²) in [6, 6.07) is 20.8. The summed E-state index contributed by atoms with van der Waals surface area (Å²) >= 11 is 0. The summed E-state index contributed by atoms with van der Waals surface area (Å²) in [6.45, 7) is 3.97. The zero-order valence-electron chi connectivity index (χ0n) is 16.2. The van der Waals surface area contributed by atoms with Gasteiger partial charge in [-0.15, -0.1) is 0 Å². The molecule has 0 radical (unpaired) electrons. The number of fused-ring (bicyclic) bond motifs is 11. The van der Waals surface area contributed by atoms with Gasteiger partial charge in [-0.25, -0.2) is 9.97 Å². The van der Waals surface area contributed by atoms with E-state index in [1.165, 1.54) is 0 Å². The standard InChI is InChI=1S/C26H18N4/c1-2-16-11-21-13-19-8-7-17(27-19)12-18-9-10-20(28-18)14-25-22-5-3-4-6-23(22)26(30-25)15-24(16)29-21/h2-15,27,30H,1H2. The highest BCUT2D eigenvalue weighted by atomic mass is 14.8. The molecule has 2 aliphatic heterocycles. The Morgan fingerprint density at radius 1 is 0.700 bits per heavy atom. The maximum absolute atomic E-state index is 4.84. The average Bonchev–Trinajstić information content (AvgIpc) is 3.52. The van der Waals surface area contributed by atoms with Crippen molar-refractivity contribution in [2.45, 2.75) is 0 Å². The lowest BCUT2D eigenvalue weighted by molar-refractivity contribution is 1.31. The number of nitrogens with zero attached hydrogens (tertiary/aromatic N) is 2. The zero-order chi connectivity index (χ0) is 20.1. The summed E-state index contributed by atoms with van der Waals surface area (Å²) in [7, 11) is 0. The molecule has 2 N–H and O–H groups in total. The Labute approximate surface area is 173 Å². The van der Waals surface area contributed by atoms with E-state index >= 15 is 0 Å². The van der Waals surface area contributed by atoms with Crippen LogP contribution in [0.25, 0.3) is 56.6 Å². The Balaban J connectivity index is 1.78. The molecule has 0 saturated heterocycles. The lowest BCUT2D eigenvalue weighted by Gasteiger charge is -1.92. The number of H-pyrrole nitrogens is 2. The van der Waals surface area contributed by atoms with E-state index in [0.717, 1.165) is 61.2 Å². The van der Waals surface area contributed by atoms with Gasteiger partial charge in [0.1, 0.15) is 0 Å². The molecule has 0 unspecified atom stereocenters. The van der Waals surface area contributed by atoms with Gasteiger partial charge in [0.15, 0.2) is 0 Å². The first-order valence-electron chi connectivity index (χ1n) is 9.88. The van der Waals surface area contributed by atoms with Gasteiger partial charge in [-0.1, -0.05) is 36.9 Å². The largest absolute Gasteiger partial charge is 0.355 e. The molecule has 4 heteroatoms. The molecule has 30 heavy (non-hydrogen) atoms. The van der Waals surface area contributed by atoms with Crippen LogP contribution in [0, 0.1) is 0 Å². The van der Waals surface area contributed by atoms with E-state index in [0.29, 0.717) is 0 Å². The summed E-state index contributed by atoms with van der Waals surface area (Å²) in [5.41, 5.74) is 8.72. The molecule has 3 aromatic heterocycles. The maximum Gasteiger partial charge on any atom is 0.0730 e. The van der Waals surface area contributed by atoms with Gasteiger partial charge in [0.2, 0.25) is 0 Å². The van der Waals surface area contributed by atoms with Crippen molar-refractivity contribution in [3.63, 3.8) is 0 Å². The normalized spacial score (nSPS) is 12.9. The van der Waals surface area contributed by atoms with Crippen molar-refractivity contribution < 1.29 is 0 Å². The van der Waals surface area contributed by atoms with Crippen molar-refractivity contribution in [2.24, 2.45) is 0 Å². The van der Waals surface area contributed by atoms with Crippen molar-refractivity contribution in [1.29, 1.82) is 0 Å². The Bertz CT molecular complexity index is 1560. The second-order valence-electron chi connectivity index (χ2n) is 7.46. The number of hydrogen-bond donors (Lipinski definition) is 2. The molecule has 0 spiro atoms. The SMILES string of the molecule is C=CC1=Cc2cc3ccc(cc4nc(cc5[nH]c(cc1n2)c1ccccc51)C=C4)[nH]3. The molecule has 8 bridgehead atoms. The van der Waals surface area contributed by atoms with E-state index in [-0.39, 0.29) is 0 Å². The van der Waals surface area contributed by atoms with Crippen molar-refractivity contribution in [3.05, 3.63) is 96.1 Å². The zero-order valence-corrected chi connectivity index (χ0v) is 16.2. The van der Waals surface area contributed by atoms with Crippen LogP contribution in [0.3, 0.4) is 0 Å². The number of aromatic amines is 2. The van der Waals surface area contributed by atoms with Gasteiger partial charge in [-0.2, -0.15) is 0 Å². The molecule has 0 amide bonds. The number of rotatable bonds is 1. The molecular weight excluding hydrogens is 368 g/mol. The lowest BCUT2D eigenvalue weighted by Crippen LogP contribution is -1.78. The fourth-order valence-corrected chi connectivity index (χ4v) is 4.04. The highest BCUT2D eigenvalue weighted by Gasteiger charge is 2.09. The van der Waals surface area contributed by atoms with Crippen LogP contribution in [0.4, 0.5) is 0 Å². The second kappa shape index (κ2) is 6.42. The smallest absolute Gasteiger partial charge is 0.0730 e. The molecule has 4 nitrogen and oxygen atoms in total. The highest BCUT2D eigenvalue weighted by molar-refractivity contribution is 6.07. The number of allylic oxidation sites excluding steroid dienone is 2. The van der Waals surface area contributed by atoms with Gasteiger partial charge in [-0.3, -0.25) is 0 Å². The Morgan fingerprint density at radius 3 is 2.10 bits per heavy atom. The van der Waals surface area contributed by atoms with E-state index in [2.05, 4.69) is 71.2 Å². The number of hydrogen-bond acceptors (Lipinski definition) is 2. The highest BCUT2D eigenvalue weighted by Crippen LogP contribution is 2.28. The van der Waals surface area contributed by atoms with Gasteiger partial charge in [0.25, 0.3) is 0 Å². The molecular formula is C26H18N4. The average molecular weight is 386 g/mol. The number of nitrogens with one attached hydrogen (secondary N) is 2. The van der Waals surface area contributed by atoms with Gasteiger partial charge >= 0.3 is 0 Å².